The number of nitrogens with one attached hydrogen (secondary N) is 1. The lowest BCUT2D eigenvalue weighted by Gasteiger charge is -2.34. The molecule has 0 saturated carbocycles. The number of hydrogen-bond acceptors (Lipinski definition) is 4. The van der Waals surface area contributed by atoms with Gasteiger partial charge in [-0.1, -0.05) is 6.92 Å². The van der Waals surface area contributed by atoms with Crippen molar-refractivity contribution in [3.05, 3.63) is 23.9 Å². The van der Waals surface area contributed by atoms with Crippen LogP contribution in [0.15, 0.2) is 18.3 Å². The van der Waals surface area contributed by atoms with E-state index in [1.807, 2.05) is 12.1 Å². The maximum Gasteiger partial charge on any atom is 0.255 e. The molecular weight excluding hydrogens is 288 g/mol. The molecule has 0 bridgehead atoms. The number of piperidine rings is 1. The topological polar surface area (TPSA) is 48.5 Å². The first-order chi connectivity index (χ1) is 11.3. The average molecular weight is 316 g/mol. The van der Waals surface area contributed by atoms with E-state index >= 15 is 0 Å². The van der Waals surface area contributed by atoms with Gasteiger partial charge in [0.15, 0.2) is 0 Å². The molecule has 0 aromatic carbocycles. The molecule has 5 nitrogen and oxygen atoms in total. The van der Waals surface area contributed by atoms with Crippen LogP contribution in [0.5, 0.6) is 0 Å². The summed E-state index contributed by atoms with van der Waals surface area (Å²) in [7, 11) is 0. The van der Waals surface area contributed by atoms with E-state index in [2.05, 4.69) is 27.0 Å². The van der Waals surface area contributed by atoms with E-state index in [1.165, 1.54) is 12.8 Å². The van der Waals surface area contributed by atoms with E-state index in [0.29, 0.717) is 6.04 Å². The Morgan fingerprint density at radius 2 is 2.04 bits per heavy atom. The van der Waals surface area contributed by atoms with Crippen LogP contribution in [-0.2, 0) is 0 Å². The van der Waals surface area contributed by atoms with Crippen LogP contribution in [0.1, 0.15) is 49.4 Å². The van der Waals surface area contributed by atoms with Crippen LogP contribution in [0.3, 0.4) is 0 Å². The largest absolute Gasteiger partial charge is 0.357 e. The molecule has 126 valence electrons. The molecule has 2 aliphatic rings. The van der Waals surface area contributed by atoms with Crippen LogP contribution >= 0.6 is 0 Å². The molecule has 0 unspecified atom stereocenters. The summed E-state index contributed by atoms with van der Waals surface area (Å²) in [6.45, 7) is 7.14. The first kappa shape index (κ1) is 16.2. The molecule has 23 heavy (non-hydrogen) atoms. The summed E-state index contributed by atoms with van der Waals surface area (Å²) in [5.74, 6) is 1.14. The highest BCUT2D eigenvalue weighted by molar-refractivity contribution is 5.94. The molecule has 0 radical (unpaired) electrons. The number of anilines is 1. The minimum atomic E-state index is 0.138. The summed E-state index contributed by atoms with van der Waals surface area (Å²) in [5.41, 5.74) is 0.722. The smallest absolute Gasteiger partial charge is 0.255 e. The second-order valence-electron chi connectivity index (χ2n) is 6.58. The van der Waals surface area contributed by atoms with Crippen LogP contribution in [0.25, 0.3) is 0 Å². The molecule has 2 fully saturated rings. The second kappa shape index (κ2) is 7.77. The zero-order valence-corrected chi connectivity index (χ0v) is 14.1. The van der Waals surface area contributed by atoms with Crippen molar-refractivity contribution in [3.63, 3.8) is 0 Å². The number of aromatic nitrogens is 1. The van der Waals surface area contributed by atoms with Gasteiger partial charge in [-0.05, 0) is 57.3 Å². The molecule has 3 heterocycles. The highest BCUT2D eigenvalue weighted by atomic mass is 16.2. The summed E-state index contributed by atoms with van der Waals surface area (Å²) in [6, 6.07) is 4.32. The van der Waals surface area contributed by atoms with Gasteiger partial charge in [-0.25, -0.2) is 4.98 Å². The number of amides is 1. The third kappa shape index (κ3) is 3.83. The Bertz CT molecular complexity index is 504. The van der Waals surface area contributed by atoms with Gasteiger partial charge in [-0.2, -0.15) is 0 Å². The average Bonchev–Trinajstić information content (AvgIpc) is 3.15. The molecule has 2 saturated heterocycles. The minimum Gasteiger partial charge on any atom is -0.357 e. The van der Waals surface area contributed by atoms with Gasteiger partial charge in [0.25, 0.3) is 5.91 Å². The van der Waals surface area contributed by atoms with Crippen LogP contribution < -0.4 is 10.2 Å². The Kier molecular flexibility index (Phi) is 5.49. The Morgan fingerprint density at radius 3 is 2.65 bits per heavy atom. The lowest BCUT2D eigenvalue weighted by atomic mass is 10.0. The molecule has 3 rings (SSSR count). The Morgan fingerprint density at radius 1 is 1.30 bits per heavy atom. The van der Waals surface area contributed by atoms with Crippen molar-refractivity contribution in [2.45, 2.75) is 45.1 Å². The highest BCUT2D eigenvalue weighted by Crippen LogP contribution is 2.20. The monoisotopic (exact) mass is 316 g/mol. The molecule has 1 N–H and O–H groups in total. The van der Waals surface area contributed by atoms with Crippen molar-refractivity contribution < 1.29 is 4.79 Å². The SMILES string of the molecule is CCCN(C(=O)c1ccc(N2CCCC2)nc1)C1CCNCC1. The fourth-order valence-electron chi connectivity index (χ4n) is 3.62. The molecule has 0 spiro atoms. The molecular formula is C18H28N4O. The molecule has 1 amide bonds. The van der Waals surface area contributed by atoms with Crippen molar-refractivity contribution >= 4 is 11.7 Å². The van der Waals surface area contributed by atoms with Crippen LogP contribution in [0, 0.1) is 0 Å². The number of pyridine rings is 1. The minimum absolute atomic E-state index is 0.138. The van der Waals surface area contributed by atoms with Gasteiger partial charge >= 0.3 is 0 Å². The first-order valence-corrected chi connectivity index (χ1v) is 9.02. The van der Waals surface area contributed by atoms with E-state index in [1.54, 1.807) is 6.20 Å². The third-order valence-corrected chi connectivity index (χ3v) is 4.90. The van der Waals surface area contributed by atoms with E-state index in [4.69, 9.17) is 0 Å². The van der Waals surface area contributed by atoms with Crippen molar-refractivity contribution in [2.75, 3.05) is 37.6 Å². The number of rotatable bonds is 5. The third-order valence-electron chi connectivity index (χ3n) is 4.90. The Labute approximate surface area is 139 Å². The van der Waals surface area contributed by atoms with Crippen molar-refractivity contribution in [2.24, 2.45) is 0 Å². The number of carbonyl (C=O) groups is 1. The number of carbonyl (C=O) groups excluding carboxylic acids is 1. The van der Waals surface area contributed by atoms with Crippen LogP contribution in [0.4, 0.5) is 5.82 Å². The van der Waals surface area contributed by atoms with Crippen LogP contribution in [0.2, 0.25) is 0 Å². The molecule has 1 aromatic rings. The summed E-state index contributed by atoms with van der Waals surface area (Å²) in [5, 5.41) is 3.37. The van der Waals surface area contributed by atoms with Gasteiger partial charge in [0.2, 0.25) is 0 Å². The van der Waals surface area contributed by atoms with Gasteiger partial charge in [0, 0.05) is 31.9 Å². The fraction of sp³-hybridized carbons (Fsp3) is 0.667. The summed E-state index contributed by atoms with van der Waals surface area (Å²) >= 11 is 0. The predicted octanol–water partition coefficient (Wildman–Crippen LogP) is 2.29. The van der Waals surface area contributed by atoms with Gasteiger partial charge in [-0.15, -0.1) is 0 Å². The van der Waals surface area contributed by atoms with Crippen LogP contribution in [-0.4, -0.2) is 54.6 Å². The van der Waals surface area contributed by atoms with E-state index in [0.717, 1.165) is 63.4 Å². The highest BCUT2D eigenvalue weighted by Gasteiger charge is 2.26. The quantitative estimate of drug-likeness (QED) is 0.905. The van der Waals surface area contributed by atoms with E-state index < -0.39 is 0 Å². The zero-order chi connectivity index (χ0) is 16.1. The number of nitrogens with zero attached hydrogens (tertiary/aromatic N) is 3. The van der Waals surface area contributed by atoms with Gasteiger partial charge in [-0.3, -0.25) is 4.79 Å². The molecule has 1 aromatic heterocycles. The second-order valence-corrected chi connectivity index (χ2v) is 6.58. The lowest BCUT2D eigenvalue weighted by Crippen LogP contribution is -2.46. The maximum absolute atomic E-state index is 12.9. The first-order valence-electron chi connectivity index (χ1n) is 9.02. The normalized spacial score (nSPS) is 19.1. The van der Waals surface area contributed by atoms with Crippen molar-refractivity contribution in [3.8, 4) is 0 Å². The number of hydrogen-bond donors (Lipinski definition) is 1. The molecule has 0 atom stereocenters. The summed E-state index contributed by atoms with van der Waals surface area (Å²) in [4.78, 5) is 21.8. The van der Waals surface area contributed by atoms with E-state index in [9.17, 15) is 4.79 Å². The van der Waals surface area contributed by atoms with Crippen molar-refractivity contribution in [1.82, 2.24) is 15.2 Å². The Balaban J connectivity index is 1.71. The molecule has 2 aliphatic heterocycles. The standard InChI is InChI=1S/C18H28N4O/c1-2-11-22(16-7-9-19-10-8-16)18(23)15-5-6-17(20-14-15)21-12-3-4-13-21/h5-6,14,16,19H,2-4,7-13H2,1H3. The van der Waals surface area contributed by atoms with E-state index in [-0.39, 0.29) is 5.91 Å². The summed E-state index contributed by atoms with van der Waals surface area (Å²) < 4.78 is 0. The Hall–Kier alpha value is -1.62. The molecule has 0 aliphatic carbocycles. The van der Waals surface area contributed by atoms with Gasteiger partial charge < -0.3 is 15.1 Å². The van der Waals surface area contributed by atoms with Crippen molar-refractivity contribution in [1.29, 1.82) is 0 Å². The maximum atomic E-state index is 12.9. The fourth-order valence-corrected chi connectivity index (χ4v) is 3.62. The zero-order valence-electron chi connectivity index (χ0n) is 14.1. The predicted molar refractivity (Wildman–Crippen MR) is 92.9 cm³/mol. The van der Waals surface area contributed by atoms with Gasteiger partial charge in [0.05, 0.1) is 5.56 Å². The molecule has 5 heteroatoms. The lowest BCUT2D eigenvalue weighted by molar-refractivity contribution is 0.0642. The van der Waals surface area contributed by atoms with Gasteiger partial charge in [0.1, 0.15) is 5.82 Å². The summed E-state index contributed by atoms with van der Waals surface area (Å²) in [6.07, 6.45) is 7.33.